The van der Waals surface area contributed by atoms with Crippen molar-refractivity contribution in [2.24, 2.45) is 0 Å². The summed E-state index contributed by atoms with van der Waals surface area (Å²) in [6, 6.07) is 8.87. The van der Waals surface area contributed by atoms with E-state index in [0.29, 0.717) is 5.69 Å². The molecule has 1 aliphatic heterocycles. The summed E-state index contributed by atoms with van der Waals surface area (Å²) >= 11 is 0. The molecule has 27 heavy (non-hydrogen) atoms. The fraction of sp³-hybridized carbons (Fsp3) is 0.263. The second kappa shape index (κ2) is 7.61. The lowest BCUT2D eigenvalue weighted by atomic mass is 10.0. The average Bonchev–Trinajstić information content (AvgIpc) is 2.59. The molecule has 0 saturated carbocycles. The number of amides is 2. The van der Waals surface area contributed by atoms with Crippen molar-refractivity contribution in [1.82, 2.24) is 0 Å². The largest absolute Gasteiger partial charge is 0.433 e. The molecular formula is C19H19F2N3O3. The second-order valence-electron chi connectivity index (χ2n) is 6.30. The molecule has 0 saturated heterocycles. The Balaban J connectivity index is 1.70. The van der Waals surface area contributed by atoms with Gasteiger partial charge in [-0.3, -0.25) is 9.59 Å². The predicted octanol–water partition coefficient (Wildman–Crippen LogP) is 3.67. The lowest BCUT2D eigenvalue weighted by Gasteiger charge is -2.27. The smallest absolute Gasteiger partial charge is 0.387 e. The number of aryl methyl sites for hydroxylation is 2. The summed E-state index contributed by atoms with van der Waals surface area (Å²) in [5.74, 6) is -0.975. The van der Waals surface area contributed by atoms with Crippen LogP contribution in [0.25, 0.3) is 0 Å². The first kappa shape index (κ1) is 18.6. The molecule has 1 atom stereocenters. The van der Waals surface area contributed by atoms with Gasteiger partial charge in [-0.2, -0.15) is 8.78 Å². The molecule has 6 nitrogen and oxygen atoms in total. The molecular weight excluding hydrogens is 356 g/mol. The number of ether oxygens (including phenoxy) is 1. The summed E-state index contributed by atoms with van der Waals surface area (Å²) in [6.45, 7) is 0.896. The molecule has 8 heteroatoms. The first-order chi connectivity index (χ1) is 12.8. The Hall–Kier alpha value is -3.16. The number of hydrogen-bond donors (Lipinski definition) is 3. The zero-order chi connectivity index (χ0) is 19.6. The minimum Gasteiger partial charge on any atom is -0.433 e. The number of nitrogens with one attached hydrogen (secondary N) is 3. The van der Waals surface area contributed by atoms with Crippen molar-refractivity contribution in [3.05, 3.63) is 47.5 Å². The van der Waals surface area contributed by atoms with Crippen LogP contribution in [0.5, 0.6) is 5.75 Å². The van der Waals surface area contributed by atoms with Crippen LogP contribution in [0, 0.1) is 13.8 Å². The first-order valence-electron chi connectivity index (χ1n) is 8.36. The van der Waals surface area contributed by atoms with E-state index in [-0.39, 0.29) is 23.8 Å². The molecule has 2 aromatic carbocycles. The number of para-hydroxylation sites is 2. The van der Waals surface area contributed by atoms with Crippen LogP contribution < -0.4 is 20.7 Å². The number of benzene rings is 2. The summed E-state index contributed by atoms with van der Waals surface area (Å²) < 4.78 is 29.3. The van der Waals surface area contributed by atoms with Gasteiger partial charge in [-0.1, -0.05) is 12.1 Å². The monoisotopic (exact) mass is 375 g/mol. The van der Waals surface area contributed by atoms with Gasteiger partial charge < -0.3 is 20.7 Å². The molecule has 2 amide bonds. The Bertz CT molecular complexity index is 886. The summed E-state index contributed by atoms with van der Waals surface area (Å²) in [5, 5.41) is 8.34. The average molecular weight is 375 g/mol. The number of hydrogen-bond acceptors (Lipinski definition) is 4. The van der Waals surface area contributed by atoms with Crippen LogP contribution >= 0.6 is 0 Å². The lowest BCUT2D eigenvalue weighted by Crippen LogP contribution is -2.41. The van der Waals surface area contributed by atoms with E-state index in [0.717, 1.165) is 16.8 Å². The van der Waals surface area contributed by atoms with E-state index in [4.69, 9.17) is 0 Å². The van der Waals surface area contributed by atoms with Crippen LogP contribution in [-0.2, 0) is 9.59 Å². The summed E-state index contributed by atoms with van der Waals surface area (Å²) in [5.41, 5.74) is 3.61. The van der Waals surface area contributed by atoms with Crippen LogP contribution in [-0.4, -0.2) is 24.5 Å². The highest BCUT2D eigenvalue weighted by atomic mass is 19.3. The molecule has 0 unspecified atom stereocenters. The van der Waals surface area contributed by atoms with Gasteiger partial charge in [0.2, 0.25) is 11.8 Å². The van der Waals surface area contributed by atoms with Crippen molar-refractivity contribution in [1.29, 1.82) is 0 Å². The molecule has 0 fully saturated rings. The molecule has 2 aromatic rings. The molecule has 0 spiro atoms. The Kier molecular flexibility index (Phi) is 5.25. The highest BCUT2D eigenvalue weighted by molar-refractivity contribution is 6.06. The molecule has 0 aliphatic carbocycles. The quantitative estimate of drug-likeness (QED) is 0.745. The van der Waals surface area contributed by atoms with E-state index in [9.17, 15) is 18.4 Å². The van der Waals surface area contributed by atoms with Gasteiger partial charge in [0, 0.05) is 0 Å². The molecule has 3 rings (SSSR count). The van der Waals surface area contributed by atoms with Crippen LogP contribution in [0.15, 0.2) is 36.4 Å². The molecule has 0 bridgehead atoms. The number of fused-ring (bicyclic) bond motifs is 1. The Morgan fingerprint density at radius 2 is 1.85 bits per heavy atom. The van der Waals surface area contributed by atoms with Gasteiger partial charge in [0.25, 0.3) is 0 Å². The van der Waals surface area contributed by atoms with E-state index in [1.54, 1.807) is 6.07 Å². The summed E-state index contributed by atoms with van der Waals surface area (Å²) in [6.07, 6.45) is -0.165. The van der Waals surface area contributed by atoms with E-state index in [2.05, 4.69) is 20.7 Å². The van der Waals surface area contributed by atoms with Crippen molar-refractivity contribution in [2.45, 2.75) is 32.9 Å². The van der Waals surface area contributed by atoms with Gasteiger partial charge in [-0.25, -0.2) is 0 Å². The minimum atomic E-state index is -3.00. The van der Waals surface area contributed by atoms with Crippen LogP contribution in [0.2, 0.25) is 0 Å². The maximum absolute atomic E-state index is 12.5. The van der Waals surface area contributed by atoms with Gasteiger partial charge in [0.05, 0.1) is 23.5 Å². The first-order valence-corrected chi connectivity index (χ1v) is 8.36. The normalized spacial score (nSPS) is 15.6. The Morgan fingerprint density at radius 3 is 2.56 bits per heavy atom. The standard InChI is InChI=1S/C19H19F2N3O3/c1-10-7-13-14(8-11(10)2)24-18(26)15(22-13)9-17(25)23-12-5-3-4-6-16(12)27-19(20)21/h3-8,15,19,22H,9H2,1-2H3,(H,23,25)(H,24,26)/t15-/m1/s1. The van der Waals surface area contributed by atoms with Crippen LogP contribution in [0.3, 0.4) is 0 Å². The summed E-state index contributed by atoms with van der Waals surface area (Å²) in [4.78, 5) is 24.6. The number of rotatable bonds is 5. The number of alkyl halides is 2. The van der Waals surface area contributed by atoms with Gasteiger partial charge in [0.1, 0.15) is 11.8 Å². The fourth-order valence-corrected chi connectivity index (χ4v) is 2.81. The molecule has 0 radical (unpaired) electrons. The number of anilines is 3. The van der Waals surface area contributed by atoms with Crippen molar-refractivity contribution in [3.63, 3.8) is 0 Å². The van der Waals surface area contributed by atoms with E-state index < -0.39 is 18.6 Å². The number of carbonyl (C=O) groups is 2. The van der Waals surface area contributed by atoms with Crippen molar-refractivity contribution in [3.8, 4) is 5.75 Å². The van der Waals surface area contributed by atoms with Crippen LogP contribution in [0.4, 0.5) is 25.8 Å². The van der Waals surface area contributed by atoms with Gasteiger partial charge >= 0.3 is 6.61 Å². The maximum Gasteiger partial charge on any atom is 0.387 e. The zero-order valence-electron chi connectivity index (χ0n) is 14.8. The minimum absolute atomic E-state index is 0.117. The second-order valence-corrected chi connectivity index (χ2v) is 6.30. The van der Waals surface area contributed by atoms with Crippen molar-refractivity contribution in [2.75, 3.05) is 16.0 Å². The number of halogens is 2. The maximum atomic E-state index is 12.5. The van der Waals surface area contributed by atoms with Crippen molar-refractivity contribution < 1.29 is 23.1 Å². The van der Waals surface area contributed by atoms with Crippen LogP contribution in [0.1, 0.15) is 17.5 Å². The highest BCUT2D eigenvalue weighted by Crippen LogP contribution is 2.31. The zero-order valence-corrected chi connectivity index (χ0v) is 14.8. The fourth-order valence-electron chi connectivity index (χ4n) is 2.81. The molecule has 3 N–H and O–H groups in total. The van der Waals surface area contributed by atoms with Crippen molar-refractivity contribution >= 4 is 28.9 Å². The van der Waals surface area contributed by atoms with E-state index in [1.807, 2.05) is 26.0 Å². The van der Waals surface area contributed by atoms with E-state index >= 15 is 0 Å². The highest BCUT2D eigenvalue weighted by Gasteiger charge is 2.28. The summed E-state index contributed by atoms with van der Waals surface area (Å²) in [7, 11) is 0. The third-order valence-electron chi connectivity index (χ3n) is 4.30. The Labute approximate surface area is 154 Å². The van der Waals surface area contributed by atoms with Gasteiger partial charge in [0.15, 0.2) is 0 Å². The third kappa shape index (κ3) is 4.33. The Morgan fingerprint density at radius 1 is 1.19 bits per heavy atom. The molecule has 142 valence electrons. The predicted molar refractivity (Wildman–Crippen MR) is 98.3 cm³/mol. The topological polar surface area (TPSA) is 79.5 Å². The molecule has 1 aliphatic rings. The number of carbonyl (C=O) groups excluding carboxylic acids is 2. The lowest BCUT2D eigenvalue weighted by molar-refractivity contribution is -0.122. The van der Waals surface area contributed by atoms with Gasteiger partial charge in [-0.15, -0.1) is 0 Å². The van der Waals surface area contributed by atoms with Gasteiger partial charge in [-0.05, 0) is 49.2 Å². The van der Waals surface area contributed by atoms with E-state index in [1.165, 1.54) is 18.2 Å². The molecule has 0 aromatic heterocycles. The SMILES string of the molecule is Cc1cc2c(cc1C)N[C@H](CC(=O)Nc1ccccc1OC(F)F)C(=O)N2. The third-order valence-corrected chi connectivity index (χ3v) is 4.30. The molecule has 1 heterocycles.